The summed E-state index contributed by atoms with van der Waals surface area (Å²) in [5.74, 6) is 0.682. The van der Waals surface area contributed by atoms with Gasteiger partial charge in [-0.25, -0.2) is 0 Å². The lowest BCUT2D eigenvalue weighted by molar-refractivity contribution is 0.214. The van der Waals surface area contributed by atoms with Gasteiger partial charge >= 0.3 is 0 Å². The van der Waals surface area contributed by atoms with Crippen LogP contribution in [-0.4, -0.2) is 29.5 Å². The molecule has 0 N–H and O–H groups in total. The van der Waals surface area contributed by atoms with Gasteiger partial charge in [-0.05, 0) is 56.0 Å². The number of hydrogen-bond donors (Lipinski definition) is 0. The second-order valence-corrected chi connectivity index (χ2v) is 4.75. The van der Waals surface area contributed by atoms with Crippen LogP contribution in [0.1, 0.15) is 44.1 Å². The summed E-state index contributed by atoms with van der Waals surface area (Å²) >= 11 is 0. The zero-order valence-corrected chi connectivity index (χ0v) is 10.2. The SMILES string of the molecule is CCC(CN1CCCCC1)c1ccncc1. The van der Waals surface area contributed by atoms with E-state index < -0.39 is 0 Å². The van der Waals surface area contributed by atoms with Gasteiger partial charge in [-0.2, -0.15) is 0 Å². The Balaban J connectivity index is 1.94. The molecule has 2 nitrogen and oxygen atoms in total. The van der Waals surface area contributed by atoms with Gasteiger partial charge in [0, 0.05) is 18.9 Å². The number of hydrogen-bond acceptors (Lipinski definition) is 2. The molecular weight excluding hydrogens is 196 g/mol. The fraction of sp³-hybridized carbons (Fsp3) is 0.643. The van der Waals surface area contributed by atoms with Crippen molar-refractivity contribution in [2.75, 3.05) is 19.6 Å². The summed E-state index contributed by atoms with van der Waals surface area (Å²) < 4.78 is 0. The minimum atomic E-state index is 0.682. The van der Waals surface area contributed by atoms with Crippen molar-refractivity contribution in [1.29, 1.82) is 0 Å². The zero-order chi connectivity index (χ0) is 11.2. The Morgan fingerprint density at radius 1 is 1.19 bits per heavy atom. The van der Waals surface area contributed by atoms with Crippen LogP contribution in [0.2, 0.25) is 0 Å². The van der Waals surface area contributed by atoms with E-state index in [2.05, 4.69) is 28.9 Å². The molecule has 88 valence electrons. The van der Waals surface area contributed by atoms with Gasteiger partial charge in [-0.3, -0.25) is 4.98 Å². The maximum atomic E-state index is 4.10. The van der Waals surface area contributed by atoms with Crippen LogP contribution in [0.5, 0.6) is 0 Å². The van der Waals surface area contributed by atoms with Gasteiger partial charge in [-0.1, -0.05) is 13.3 Å². The highest BCUT2D eigenvalue weighted by molar-refractivity contribution is 5.16. The van der Waals surface area contributed by atoms with Crippen molar-refractivity contribution >= 4 is 0 Å². The van der Waals surface area contributed by atoms with E-state index in [1.165, 1.54) is 50.9 Å². The molecule has 2 heteroatoms. The fourth-order valence-electron chi connectivity index (χ4n) is 2.56. The summed E-state index contributed by atoms with van der Waals surface area (Å²) in [5, 5.41) is 0. The highest BCUT2D eigenvalue weighted by Gasteiger charge is 2.16. The highest BCUT2D eigenvalue weighted by Crippen LogP contribution is 2.21. The van der Waals surface area contributed by atoms with Gasteiger partial charge < -0.3 is 4.90 Å². The smallest absolute Gasteiger partial charge is 0.0270 e. The number of pyridine rings is 1. The average Bonchev–Trinajstić information content (AvgIpc) is 2.38. The van der Waals surface area contributed by atoms with Gasteiger partial charge in [0.2, 0.25) is 0 Å². The molecule has 16 heavy (non-hydrogen) atoms. The molecule has 1 saturated heterocycles. The quantitative estimate of drug-likeness (QED) is 0.772. The van der Waals surface area contributed by atoms with Crippen LogP contribution in [0, 0.1) is 0 Å². The molecule has 0 spiro atoms. The molecule has 1 aliphatic heterocycles. The van der Waals surface area contributed by atoms with Crippen molar-refractivity contribution in [2.24, 2.45) is 0 Å². The number of rotatable bonds is 4. The van der Waals surface area contributed by atoms with E-state index in [1.807, 2.05) is 12.4 Å². The Hall–Kier alpha value is -0.890. The van der Waals surface area contributed by atoms with Crippen LogP contribution in [-0.2, 0) is 0 Å². The summed E-state index contributed by atoms with van der Waals surface area (Å²) in [6.07, 6.45) is 9.23. The van der Waals surface area contributed by atoms with Crippen molar-refractivity contribution < 1.29 is 0 Å². The molecule has 1 aromatic heterocycles. The molecule has 0 aromatic carbocycles. The first-order chi connectivity index (χ1) is 7.90. The third-order valence-electron chi connectivity index (χ3n) is 3.60. The van der Waals surface area contributed by atoms with E-state index in [9.17, 15) is 0 Å². The maximum absolute atomic E-state index is 4.10. The van der Waals surface area contributed by atoms with Crippen molar-refractivity contribution in [1.82, 2.24) is 9.88 Å². The van der Waals surface area contributed by atoms with Gasteiger partial charge in [-0.15, -0.1) is 0 Å². The molecule has 0 radical (unpaired) electrons. The van der Waals surface area contributed by atoms with Crippen molar-refractivity contribution in [2.45, 2.75) is 38.5 Å². The van der Waals surface area contributed by atoms with Crippen LogP contribution in [0.4, 0.5) is 0 Å². The van der Waals surface area contributed by atoms with Crippen LogP contribution >= 0.6 is 0 Å². The standard InChI is InChI=1S/C14H22N2/c1-2-13(14-6-8-15-9-7-14)12-16-10-4-3-5-11-16/h6-9,13H,2-5,10-12H2,1H3. The van der Waals surface area contributed by atoms with Gasteiger partial charge in [0.25, 0.3) is 0 Å². The Morgan fingerprint density at radius 2 is 1.88 bits per heavy atom. The molecule has 2 rings (SSSR count). The molecule has 0 saturated carbocycles. The van der Waals surface area contributed by atoms with Crippen molar-refractivity contribution in [3.8, 4) is 0 Å². The number of aromatic nitrogens is 1. The van der Waals surface area contributed by atoms with Crippen molar-refractivity contribution in [3.05, 3.63) is 30.1 Å². The lowest BCUT2D eigenvalue weighted by Gasteiger charge is -2.30. The molecule has 0 amide bonds. The molecule has 2 heterocycles. The Labute approximate surface area is 98.7 Å². The Morgan fingerprint density at radius 3 is 2.50 bits per heavy atom. The topological polar surface area (TPSA) is 16.1 Å². The van der Waals surface area contributed by atoms with Crippen LogP contribution in [0.15, 0.2) is 24.5 Å². The van der Waals surface area contributed by atoms with E-state index in [0.29, 0.717) is 5.92 Å². The molecule has 0 aliphatic carbocycles. The molecule has 1 atom stereocenters. The third kappa shape index (κ3) is 3.05. The van der Waals surface area contributed by atoms with E-state index in [4.69, 9.17) is 0 Å². The first kappa shape index (κ1) is 11.6. The van der Waals surface area contributed by atoms with E-state index in [1.54, 1.807) is 0 Å². The number of likely N-dealkylation sites (tertiary alicyclic amines) is 1. The monoisotopic (exact) mass is 218 g/mol. The highest BCUT2D eigenvalue weighted by atomic mass is 15.1. The first-order valence-corrected chi connectivity index (χ1v) is 6.52. The maximum Gasteiger partial charge on any atom is 0.0270 e. The second kappa shape index (κ2) is 6.00. The average molecular weight is 218 g/mol. The van der Waals surface area contributed by atoms with Crippen LogP contribution in [0.25, 0.3) is 0 Å². The molecule has 0 bridgehead atoms. The zero-order valence-electron chi connectivity index (χ0n) is 10.2. The lowest BCUT2D eigenvalue weighted by atomic mass is 9.96. The molecule has 1 aromatic rings. The van der Waals surface area contributed by atoms with Crippen LogP contribution < -0.4 is 0 Å². The van der Waals surface area contributed by atoms with Crippen molar-refractivity contribution in [3.63, 3.8) is 0 Å². The number of piperidine rings is 1. The van der Waals surface area contributed by atoms with Gasteiger partial charge in [0.05, 0.1) is 0 Å². The summed E-state index contributed by atoms with van der Waals surface area (Å²) in [5.41, 5.74) is 1.45. The predicted molar refractivity (Wildman–Crippen MR) is 67.6 cm³/mol. The molecular formula is C14H22N2. The second-order valence-electron chi connectivity index (χ2n) is 4.75. The fourth-order valence-corrected chi connectivity index (χ4v) is 2.56. The summed E-state index contributed by atoms with van der Waals surface area (Å²) in [7, 11) is 0. The third-order valence-corrected chi connectivity index (χ3v) is 3.60. The Bertz CT molecular complexity index is 291. The molecule has 1 aliphatic rings. The van der Waals surface area contributed by atoms with E-state index >= 15 is 0 Å². The Kier molecular flexibility index (Phi) is 4.34. The lowest BCUT2D eigenvalue weighted by Crippen LogP contribution is -2.33. The minimum absolute atomic E-state index is 0.682. The number of nitrogens with zero attached hydrogens (tertiary/aromatic N) is 2. The largest absolute Gasteiger partial charge is 0.303 e. The molecule has 1 fully saturated rings. The van der Waals surface area contributed by atoms with E-state index in [0.717, 1.165) is 0 Å². The summed E-state index contributed by atoms with van der Waals surface area (Å²) in [6.45, 7) is 6.10. The minimum Gasteiger partial charge on any atom is -0.303 e. The normalized spacial score (nSPS) is 19.6. The van der Waals surface area contributed by atoms with E-state index in [-0.39, 0.29) is 0 Å². The van der Waals surface area contributed by atoms with Gasteiger partial charge in [0.15, 0.2) is 0 Å². The van der Waals surface area contributed by atoms with Gasteiger partial charge in [0.1, 0.15) is 0 Å². The molecule has 1 unspecified atom stereocenters. The first-order valence-electron chi connectivity index (χ1n) is 6.52. The summed E-state index contributed by atoms with van der Waals surface area (Å²) in [6, 6.07) is 4.33. The predicted octanol–water partition coefficient (Wildman–Crippen LogP) is 3.06. The van der Waals surface area contributed by atoms with Crippen LogP contribution in [0.3, 0.4) is 0 Å². The summed E-state index contributed by atoms with van der Waals surface area (Å²) in [4.78, 5) is 6.72.